The minimum atomic E-state index is 0.222. The van der Waals surface area contributed by atoms with Crippen molar-refractivity contribution in [3.8, 4) is 0 Å². The van der Waals surface area contributed by atoms with Gasteiger partial charge < -0.3 is 11.5 Å². The Hall–Kier alpha value is -0.860. The summed E-state index contributed by atoms with van der Waals surface area (Å²) < 4.78 is 0. The van der Waals surface area contributed by atoms with Crippen molar-refractivity contribution in [1.82, 2.24) is 0 Å². The highest BCUT2D eigenvalue weighted by molar-refractivity contribution is 6.35. The van der Waals surface area contributed by atoms with Crippen LogP contribution in [0.3, 0.4) is 0 Å². The van der Waals surface area contributed by atoms with Gasteiger partial charge in [-0.1, -0.05) is 29.3 Å². The lowest BCUT2D eigenvalue weighted by atomic mass is 10.2. The first-order chi connectivity index (χ1) is 5.59. The van der Waals surface area contributed by atoms with E-state index >= 15 is 0 Å². The minimum Gasteiger partial charge on any atom is -0.386 e. The molecule has 0 aliphatic carbocycles. The Balaban J connectivity index is 3.10. The predicted octanol–water partition coefficient (Wildman–Crippen LogP) is 2.21. The summed E-state index contributed by atoms with van der Waals surface area (Å²) in [6.45, 7) is 0. The van der Waals surface area contributed by atoms with Crippen LogP contribution < -0.4 is 11.5 Å². The van der Waals surface area contributed by atoms with Crippen molar-refractivity contribution >= 4 is 29.3 Å². The molecule has 4 heteroatoms. The average Bonchev–Trinajstić information content (AvgIpc) is 1.94. The van der Waals surface area contributed by atoms with E-state index in [0.717, 1.165) is 5.56 Å². The maximum atomic E-state index is 5.83. The quantitative estimate of drug-likeness (QED) is 0.735. The van der Waals surface area contributed by atoms with Crippen LogP contribution in [-0.2, 0) is 0 Å². The van der Waals surface area contributed by atoms with Crippen molar-refractivity contribution in [2.45, 2.75) is 0 Å². The summed E-state index contributed by atoms with van der Waals surface area (Å²) in [5, 5.41) is 1.13. The summed E-state index contributed by atoms with van der Waals surface area (Å²) in [4.78, 5) is 0. The molecule has 0 saturated heterocycles. The van der Waals surface area contributed by atoms with Crippen LogP contribution in [-0.4, -0.2) is 0 Å². The summed E-state index contributed by atoms with van der Waals surface area (Å²) in [6.07, 6.45) is 1.58. The molecule has 1 rings (SSSR count). The molecule has 4 N–H and O–H groups in total. The van der Waals surface area contributed by atoms with E-state index in [1.165, 1.54) is 0 Å². The van der Waals surface area contributed by atoms with Gasteiger partial charge in [0.05, 0.1) is 5.82 Å². The molecule has 0 aliphatic heterocycles. The van der Waals surface area contributed by atoms with Crippen molar-refractivity contribution in [3.05, 3.63) is 39.6 Å². The summed E-state index contributed by atoms with van der Waals surface area (Å²) in [7, 11) is 0. The molecule has 0 saturated carbocycles. The molecule has 0 aliphatic rings. The van der Waals surface area contributed by atoms with E-state index in [-0.39, 0.29) is 5.82 Å². The van der Waals surface area contributed by atoms with Crippen molar-refractivity contribution in [3.63, 3.8) is 0 Å². The fraction of sp³-hybridized carbons (Fsp3) is 0. The van der Waals surface area contributed by atoms with Crippen LogP contribution in [0.25, 0.3) is 6.08 Å². The molecule has 0 spiro atoms. The van der Waals surface area contributed by atoms with E-state index in [1.807, 2.05) is 0 Å². The minimum absolute atomic E-state index is 0.222. The van der Waals surface area contributed by atoms with Crippen LogP contribution in [0.4, 0.5) is 0 Å². The smallest absolute Gasteiger partial charge is 0.0940 e. The highest BCUT2D eigenvalue weighted by Crippen LogP contribution is 2.21. The monoisotopic (exact) mass is 202 g/mol. The molecule has 0 radical (unpaired) electrons. The molecular weight excluding hydrogens is 195 g/mol. The van der Waals surface area contributed by atoms with E-state index in [2.05, 4.69) is 0 Å². The van der Waals surface area contributed by atoms with Crippen molar-refractivity contribution in [2.24, 2.45) is 11.5 Å². The van der Waals surface area contributed by atoms with E-state index in [9.17, 15) is 0 Å². The first-order valence-corrected chi connectivity index (χ1v) is 4.03. The van der Waals surface area contributed by atoms with E-state index in [1.54, 1.807) is 24.3 Å². The number of hydrogen-bond donors (Lipinski definition) is 2. The molecule has 64 valence electrons. The molecule has 12 heavy (non-hydrogen) atoms. The number of hydrogen-bond acceptors (Lipinski definition) is 2. The Bertz CT molecular complexity index is 317. The van der Waals surface area contributed by atoms with Crippen molar-refractivity contribution in [1.29, 1.82) is 0 Å². The molecule has 0 heterocycles. The van der Waals surface area contributed by atoms with Gasteiger partial charge in [-0.2, -0.15) is 0 Å². The molecule has 0 atom stereocenters. The van der Waals surface area contributed by atoms with Crippen LogP contribution >= 0.6 is 23.2 Å². The van der Waals surface area contributed by atoms with Gasteiger partial charge in [0.1, 0.15) is 0 Å². The van der Waals surface area contributed by atoms with Crippen LogP contribution in [0.5, 0.6) is 0 Å². The first kappa shape index (κ1) is 9.23. The van der Waals surface area contributed by atoms with Gasteiger partial charge in [-0.05, 0) is 23.8 Å². The summed E-state index contributed by atoms with van der Waals surface area (Å²) >= 11 is 11.5. The second kappa shape index (κ2) is 3.70. The lowest BCUT2D eigenvalue weighted by Gasteiger charge is -1.98. The van der Waals surface area contributed by atoms with Crippen LogP contribution in [0.15, 0.2) is 24.0 Å². The molecule has 0 amide bonds. The average molecular weight is 203 g/mol. The van der Waals surface area contributed by atoms with Gasteiger partial charge in [0.2, 0.25) is 0 Å². The Morgan fingerprint density at radius 2 is 1.92 bits per heavy atom. The molecule has 0 fully saturated rings. The number of rotatable bonds is 1. The molecule has 2 nitrogen and oxygen atoms in total. The van der Waals surface area contributed by atoms with Crippen molar-refractivity contribution in [2.75, 3.05) is 0 Å². The van der Waals surface area contributed by atoms with E-state index in [4.69, 9.17) is 34.7 Å². The SMILES string of the molecule is NC(N)=Cc1ccc(Cl)cc1Cl. The highest BCUT2D eigenvalue weighted by Gasteiger charge is 1.97. The first-order valence-electron chi connectivity index (χ1n) is 3.27. The Morgan fingerprint density at radius 1 is 1.25 bits per heavy atom. The Morgan fingerprint density at radius 3 is 2.42 bits per heavy atom. The maximum Gasteiger partial charge on any atom is 0.0940 e. The Kier molecular flexibility index (Phi) is 2.84. The van der Waals surface area contributed by atoms with Gasteiger partial charge in [0.15, 0.2) is 0 Å². The maximum absolute atomic E-state index is 5.83. The predicted molar refractivity (Wildman–Crippen MR) is 52.8 cm³/mol. The van der Waals surface area contributed by atoms with Gasteiger partial charge in [-0.25, -0.2) is 0 Å². The van der Waals surface area contributed by atoms with Gasteiger partial charge in [0.25, 0.3) is 0 Å². The molecule has 1 aromatic rings. The number of benzene rings is 1. The molecule has 0 unspecified atom stereocenters. The second-order valence-electron chi connectivity index (χ2n) is 2.31. The zero-order valence-corrected chi connectivity index (χ0v) is 7.73. The largest absolute Gasteiger partial charge is 0.386 e. The highest BCUT2D eigenvalue weighted by atomic mass is 35.5. The summed E-state index contributed by atoms with van der Waals surface area (Å²) in [6, 6.07) is 5.12. The summed E-state index contributed by atoms with van der Waals surface area (Å²) in [5.41, 5.74) is 11.3. The third-order valence-corrected chi connectivity index (χ3v) is 1.85. The molecular formula is C8H8Cl2N2. The van der Waals surface area contributed by atoms with Gasteiger partial charge in [0, 0.05) is 10.0 Å². The van der Waals surface area contributed by atoms with Gasteiger partial charge >= 0.3 is 0 Å². The Labute approximate surface area is 80.8 Å². The lowest BCUT2D eigenvalue weighted by Crippen LogP contribution is -2.06. The molecule has 1 aromatic carbocycles. The second-order valence-corrected chi connectivity index (χ2v) is 3.15. The fourth-order valence-corrected chi connectivity index (χ4v) is 1.26. The molecule has 0 aromatic heterocycles. The third kappa shape index (κ3) is 2.32. The molecule has 0 bridgehead atoms. The zero-order chi connectivity index (χ0) is 9.14. The number of nitrogens with two attached hydrogens (primary N) is 2. The summed E-state index contributed by atoms with van der Waals surface area (Å²) in [5.74, 6) is 0.222. The van der Waals surface area contributed by atoms with Crippen LogP contribution in [0, 0.1) is 0 Å². The van der Waals surface area contributed by atoms with Crippen LogP contribution in [0.2, 0.25) is 10.0 Å². The fourth-order valence-electron chi connectivity index (χ4n) is 0.798. The third-order valence-electron chi connectivity index (χ3n) is 1.28. The lowest BCUT2D eigenvalue weighted by molar-refractivity contribution is 1.27. The van der Waals surface area contributed by atoms with E-state index < -0.39 is 0 Å². The number of halogens is 2. The zero-order valence-electron chi connectivity index (χ0n) is 6.22. The van der Waals surface area contributed by atoms with Crippen molar-refractivity contribution < 1.29 is 0 Å². The van der Waals surface area contributed by atoms with Gasteiger partial charge in [-0.3, -0.25) is 0 Å². The van der Waals surface area contributed by atoms with E-state index in [0.29, 0.717) is 10.0 Å². The topological polar surface area (TPSA) is 52.0 Å². The van der Waals surface area contributed by atoms with Crippen LogP contribution in [0.1, 0.15) is 5.56 Å². The standard InChI is InChI=1S/C8H8Cl2N2/c9-6-2-1-5(3-8(11)12)7(10)4-6/h1-4H,11-12H2. The normalized spacial score (nSPS) is 9.50. The van der Waals surface area contributed by atoms with Gasteiger partial charge in [-0.15, -0.1) is 0 Å².